The average Bonchev–Trinajstić information content (AvgIpc) is 2.30. The molecule has 1 heterocycles. The van der Waals surface area contributed by atoms with Crippen LogP contribution in [0.25, 0.3) is 0 Å². The Kier molecular flexibility index (Phi) is 2.65. The molecule has 1 aromatic rings. The number of nitrogen functional groups attached to an aromatic ring is 1. The van der Waals surface area contributed by atoms with Crippen LogP contribution in [0.15, 0.2) is 4.42 Å². The molecule has 3 N–H and O–H groups in total. The Morgan fingerprint density at radius 2 is 2.42 bits per heavy atom. The van der Waals surface area contributed by atoms with E-state index in [4.69, 9.17) is 22.4 Å². The van der Waals surface area contributed by atoms with E-state index in [0.29, 0.717) is 10.7 Å². The molecule has 0 amide bonds. The van der Waals surface area contributed by atoms with Gasteiger partial charge in [-0.15, -0.1) is 0 Å². The third-order valence-corrected chi connectivity index (χ3v) is 1.69. The van der Waals surface area contributed by atoms with Crippen LogP contribution in [0.2, 0.25) is 0 Å². The molecule has 0 aromatic carbocycles. The highest BCUT2D eigenvalue weighted by molar-refractivity contribution is 7.80. The summed E-state index contributed by atoms with van der Waals surface area (Å²) in [5.41, 5.74) is 6.07. The third-order valence-electron chi connectivity index (χ3n) is 1.36. The summed E-state index contributed by atoms with van der Waals surface area (Å²) >= 11 is 5.02. The number of nitrogens with zero attached hydrogens (tertiary/aromatic N) is 1. The monoisotopic (exact) mass is 185 g/mol. The first-order valence-corrected chi connectivity index (χ1v) is 4.07. The van der Waals surface area contributed by atoms with E-state index in [0.717, 1.165) is 12.2 Å². The van der Waals surface area contributed by atoms with Crippen LogP contribution in [0, 0.1) is 6.92 Å². The molecule has 0 saturated heterocycles. The number of aromatic nitrogens is 1. The van der Waals surface area contributed by atoms with Gasteiger partial charge in [-0.3, -0.25) is 0 Å². The van der Waals surface area contributed by atoms with Crippen molar-refractivity contribution in [1.82, 2.24) is 10.3 Å². The van der Waals surface area contributed by atoms with Crippen molar-refractivity contribution < 1.29 is 4.42 Å². The SMILES string of the molecule is CCNC(=S)c1oc(N)nc1C. The molecule has 12 heavy (non-hydrogen) atoms. The standard InChI is InChI=1S/C7H11N3OS/c1-3-9-6(12)5-4(2)10-7(8)11-5/h3H2,1-2H3,(H2,8,10)(H,9,12). The van der Waals surface area contributed by atoms with Crippen LogP contribution < -0.4 is 11.1 Å². The molecular formula is C7H11N3OS. The minimum atomic E-state index is 0.155. The molecule has 4 nitrogen and oxygen atoms in total. The fraction of sp³-hybridized carbons (Fsp3) is 0.429. The summed E-state index contributed by atoms with van der Waals surface area (Å²) in [5, 5.41) is 2.96. The number of anilines is 1. The van der Waals surface area contributed by atoms with Crippen LogP contribution in [0.1, 0.15) is 18.4 Å². The summed E-state index contributed by atoms with van der Waals surface area (Å²) in [4.78, 5) is 4.45. The number of nitrogens with two attached hydrogens (primary N) is 1. The Balaban J connectivity index is 2.87. The van der Waals surface area contributed by atoms with E-state index in [1.165, 1.54) is 0 Å². The Bertz CT molecular complexity index is 295. The first-order chi connectivity index (χ1) is 5.65. The number of rotatable bonds is 2. The lowest BCUT2D eigenvalue weighted by Gasteiger charge is -2.00. The van der Waals surface area contributed by atoms with Crippen molar-refractivity contribution in [3.8, 4) is 0 Å². The molecule has 0 unspecified atom stereocenters. The first-order valence-electron chi connectivity index (χ1n) is 3.66. The van der Waals surface area contributed by atoms with Crippen LogP contribution in [0.4, 0.5) is 6.01 Å². The van der Waals surface area contributed by atoms with E-state index in [1.807, 2.05) is 6.92 Å². The predicted molar refractivity (Wildman–Crippen MR) is 51.0 cm³/mol. The first kappa shape index (κ1) is 8.99. The highest BCUT2D eigenvalue weighted by atomic mass is 32.1. The van der Waals surface area contributed by atoms with Gasteiger partial charge in [-0.1, -0.05) is 12.2 Å². The molecule has 5 heteroatoms. The van der Waals surface area contributed by atoms with Gasteiger partial charge in [-0.25, -0.2) is 0 Å². The summed E-state index contributed by atoms with van der Waals surface area (Å²) in [5.74, 6) is 0.560. The second-order valence-electron chi connectivity index (χ2n) is 2.33. The lowest BCUT2D eigenvalue weighted by atomic mass is 10.3. The normalized spacial score (nSPS) is 9.83. The van der Waals surface area contributed by atoms with Crippen molar-refractivity contribution in [1.29, 1.82) is 0 Å². The van der Waals surface area contributed by atoms with E-state index >= 15 is 0 Å². The largest absolute Gasteiger partial charge is 0.421 e. The highest BCUT2D eigenvalue weighted by Crippen LogP contribution is 2.11. The quantitative estimate of drug-likeness (QED) is 0.669. The maximum Gasteiger partial charge on any atom is 0.292 e. The number of oxazole rings is 1. The fourth-order valence-electron chi connectivity index (χ4n) is 0.869. The Hall–Kier alpha value is -1.10. The van der Waals surface area contributed by atoms with Gasteiger partial charge in [-0.2, -0.15) is 4.98 Å². The smallest absolute Gasteiger partial charge is 0.292 e. The van der Waals surface area contributed by atoms with Gasteiger partial charge in [0.2, 0.25) is 0 Å². The Morgan fingerprint density at radius 1 is 1.75 bits per heavy atom. The zero-order valence-electron chi connectivity index (χ0n) is 7.05. The number of thiocarbonyl (C=S) groups is 1. The molecule has 0 aliphatic heterocycles. The summed E-state index contributed by atoms with van der Waals surface area (Å²) in [6.45, 7) is 4.53. The number of hydrogen-bond donors (Lipinski definition) is 2. The van der Waals surface area contributed by atoms with Gasteiger partial charge >= 0.3 is 0 Å². The molecule has 0 fully saturated rings. The summed E-state index contributed by atoms with van der Waals surface area (Å²) in [7, 11) is 0. The highest BCUT2D eigenvalue weighted by Gasteiger charge is 2.10. The number of nitrogens with one attached hydrogen (secondary N) is 1. The maximum absolute atomic E-state index is 5.35. The summed E-state index contributed by atoms with van der Waals surface area (Å²) in [6.07, 6.45) is 0. The van der Waals surface area contributed by atoms with Gasteiger partial charge in [0.05, 0.1) is 5.69 Å². The summed E-state index contributed by atoms with van der Waals surface area (Å²) < 4.78 is 5.09. The molecule has 1 aromatic heterocycles. The second kappa shape index (κ2) is 3.53. The molecule has 66 valence electrons. The summed E-state index contributed by atoms with van der Waals surface area (Å²) in [6, 6.07) is 0.155. The van der Waals surface area contributed by atoms with Gasteiger partial charge in [0.1, 0.15) is 4.99 Å². The van der Waals surface area contributed by atoms with Gasteiger partial charge in [0.15, 0.2) is 5.76 Å². The van der Waals surface area contributed by atoms with Crippen molar-refractivity contribution >= 4 is 23.2 Å². The predicted octanol–water partition coefficient (Wildman–Crippen LogP) is 0.850. The van der Waals surface area contributed by atoms with Crippen LogP contribution in [0.5, 0.6) is 0 Å². The molecule has 0 spiro atoms. The van der Waals surface area contributed by atoms with Crippen molar-refractivity contribution in [2.75, 3.05) is 12.3 Å². The minimum Gasteiger partial charge on any atom is -0.421 e. The average molecular weight is 185 g/mol. The van der Waals surface area contributed by atoms with E-state index in [2.05, 4.69) is 10.3 Å². The molecule has 0 radical (unpaired) electrons. The molecule has 0 aliphatic carbocycles. The van der Waals surface area contributed by atoms with Gasteiger partial charge in [-0.05, 0) is 13.8 Å². The van der Waals surface area contributed by atoms with E-state index in [1.54, 1.807) is 6.92 Å². The topological polar surface area (TPSA) is 64.1 Å². The Labute approximate surface area is 76.2 Å². The van der Waals surface area contributed by atoms with Gasteiger partial charge in [0.25, 0.3) is 6.01 Å². The minimum absolute atomic E-state index is 0.155. The molecule has 0 aliphatic rings. The molecular weight excluding hydrogens is 174 g/mol. The molecule has 1 rings (SSSR count). The molecule has 0 bridgehead atoms. The third kappa shape index (κ3) is 1.73. The van der Waals surface area contributed by atoms with E-state index in [9.17, 15) is 0 Å². The van der Waals surface area contributed by atoms with Crippen LogP contribution >= 0.6 is 12.2 Å². The zero-order valence-corrected chi connectivity index (χ0v) is 7.86. The second-order valence-corrected chi connectivity index (χ2v) is 2.73. The van der Waals surface area contributed by atoms with Crippen molar-refractivity contribution in [3.63, 3.8) is 0 Å². The zero-order chi connectivity index (χ0) is 9.14. The van der Waals surface area contributed by atoms with Gasteiger partial charge < -0.3 is 15.5 Å². The number of aryl methyl sites for hydroxylation is 1. The lowest BCUT2D eigenvalue weighted by Crippen LogP contribution is -2.21. The molecule has 0 saturated carbocycles. The maximum atomic E-state index is 5.35. The van der Waals surface area contributed by atoms with E-state index < -0.39 is 0 Å². The van der Waals surface area contributed by atoms with Crippen molar-refractivity contribution in [2.24, 2.45) is 0 Å². The van der Waals surface area contributed by atoms with Crippen molar-refractivity contribution in [3.05, 3.63) is 11.5 Å². The van der Waals surface area contributed by atoms with Crippen LogP contribution in [-0.2, 0) is 0 Å². The Morgan fingerprint density at radius 3 is 2.83 bits per heavy atom. The van der Waals surface area contributed by atoms with Crippen molar-refractivity contribution in [2.45, 2.75) is 13.8 Å². The van der Waals surface area contributed by atoms with Crippen LogP contribution in [-0.4, -0.2) is 16.5 Å². The number of hydrogen-bond acceptors (Lipinski definition) is 4. The lowest BCUT2D eigenvalue weighted by molar-refractivity contribution is 0.568. The van der Waals surface area contributed by atoms with Crippen LogP contribution in [0.3, 0.4) is 0 Å². The van der Waals surface area contributed by atoms with Gasteiger partial charge in [0, 0.05) is 6.54 Å². The van der Waals surface area contributed by atoms with E-state index in [-0.39, 0.29) is 6.01 Å². The molecule has 0 atom stereocenters. The fourth-order valence-corrected chi connectivity index (χ4v) is 1.20.